The van der Waals surface area contributed by atoms with Crippen molar-refractivity contribution in [2.45, 2.75) is 24.2 Å². The Morgan fingerprint density at radius 2 is 0.723 bits per heavy atom. The van der Waals surface area contributed by atoms with Gasteiger partial charge < -0.3 is 14.4 Å². The second kappa shape index (κ2) is 28.2. The Bertz CT molecular complexity index is 6410. The van der Waals surface area contributed by atoms with E-state index in [0.29, 0.717) is 58.3 Å². The highest BCUT2D eigenvalue weighted by molar-refractivity contribution is 6.05. The number of fused-ring (bicyclic) bond motifs is 13. The first-order valence-electron chi connectivity index (χ1n) is 37.5. The molecule has 4 aliphatic rings. The summed E-state index contributed by atoms with van der Waals surface area (Å²) in [6.45, 7) is 7.84. The largest absolute Gasteiger partial charge is 0.457 e. The van der Waals surface area contributed by atoms with Crippen LogP contribution >= 0.6 is 0 Å². The molecular formula is C104H68F5NO2. The molecule has 0 heterocycles. The molecule has 20 rings (SSSR count). The molecule has 2 unspecified atom stereocenters. The lowest BCUT2D eigenvalue weighted by atomic mass is 9.67. The monoisotopic (exact) mass is 1460 g/mol. The average molecular weight is 1460 g/mol. The summed E-state index contributed by atoms with van der Waals surface area (Å²) in [6, 6.07) is 110. The van der Waals surface area contributed by atoms with Crippen LogP contribution in [-0.2, 0) is 11.8 Å². The summed E-state index contributed by atoms with van der Waals surface area (Å²) in [4.78, 5) is 1.69. The predicted molar refractivity (Wildman–Crippen MR) is 445 cm³/mol. The van der Waals surface area contributed by atoms with Crippen LogP contribution in [0, 0.1) is 29.1 Å². The minimum atomic E-state index is -1.10. The van der Waals surface area contributed by atoms with Gasteiger partial charge in [-0.15, -0.1) is 0 Å². The van der Waals surface area contributed by atoms with Gasteiger partial charge in [-0.25, -0.2) is 22.0 Å². The van der Waals surface area contributed by atoms with Crippen molar-refractivity contribution >= 4 is 29.2 Å². The summed E-state index contributed by atoms with van der Waals surface area (Å²) in [5, 5.41) is 0. The number of para-hydroxylation sites is 1. The lowest BCUT2D eigenvalue weighted by Gasteiger charge is -2.35. The van der Waals surface area contributed by atoms with Crippen LogP contribution in [0.25, 0.3) is 112 Å². The fourth-order valence-corrected chi connectivity index (χ4v) is 17.4. The van der Waals surface area contributed by atoms with Crippen LogP contribution in [0.5, 0.6) is 23.0 Å². The molecule has 0 spiro atoms. The molecule has 16 aromatic carbocycles. The molecule has 2 bridgehead atoms. The number of anilines is 3. The molecule has 0 fully saturated rings. The highest BCUT2D eigenvalue weighted by Gasteiger charge is 2.47. The fraction of sp³-hybridized carbons (Fsp3) is 0.0385. The lowest BCUT2D eigenvalue weighted by Crippen LogP contribution is -2.29. The van der Waals surface area contributed by atoms with E-state index in [1.54, 1.807) is 29.2 Å². The van der Waals surface area contributed by atoms with Gasteiger partial charge in [0.1, 0.15) is 57.8 Å². The molecule has 0 aliphatic heterocycles. The molecule has 0 radical (unpaired) electrons. The Labute approximate surface area is 647 Å². The molecule has 4 aliphatic carbocycles. The van der Waals surface area contributed by atoms with E-state index < -0.39 is 28.8 Å². The number of rotatable bonds is 15. The van der Waals surface area contributed by atoms with E-state index in [-0.39, 0.29) is 17.3 Å². The molecule has 0 saturated carbocycles. The minimum absolute atomic E-state index is 0.281. The third kappa shape index (κ3) is 11.9. The highest BCUT2D eigenvalue weighted by atomic mass is 19.1. The quantitative estimate of drug-likeness (QED) is 0.0955. The lowest BCUT2D eigenvalue weighted by molar-refractivity contribution is 0.482. The molecule has 0 N–H and O–H groups in total. The first-order valence-corrected chi connectivity index (χ1v) is 37.5. The first-order chi connectivity index (χ1) is 55.0. The maximum atomic E-state index is 18.1. The molecule has 2 atom stereocenters. The third-order valence-corrected chi connectivity index (χ3v) is 22.6. The van der Waals surface area contributed by atoms with Crippen molar-refractivity contribution in [1.29, 1.82) is 0 Å². The van der Waals surface area contributed by atoms with Crippen LogP contribution in [0.3, 0.4) is 0 Å². The minimum Gasteiger partial charge on any atom is -0.457 e. The maximum Gasteiger partial charge on any atom is 0.150 e. The van der Waals surface area contributed by atoms with Crippen LogP contribution in [0.15, 0.2) is 359 Å². The second-order valence-corrected chi connectivity index (χ2v) is 28.8. The van der Waals surface area contributed by atoms with Gasteiger partial charge in [-0.2, -0.15) is 0 Å². The number of halogens is 5. The Morgan fingerprint density at radius 1 is 0.312 bits per heavy atom. The van der Waals surface area contributed by atoms with Gasteiger partial charge in [0, 0.05) is 22.9 Å². The molecule has 16 aromatic rings. The van der Waals surface area contributed by atoms with E-state index in [1.807, 2.05) is 176 Å². The van der Waals surface area contributed by atoms with E-state index in [1.165, 1.54) is 42.5 Å². The standard InChI is InChI=1S/C104H68F5NO2/c1-3-64-27-46-75(47-28-64)111-77-50-38-70(39-51-77)104(69-36-42-72(106)43-37-69)97-23-12-11-21-90(97)91-57-45-74(62-98(91)104)110(103-100(108)25-14-26-101(103)109)73-44-56-88-84-19-9-6-16-81(84)80-15-5-8-18-83(80)87-54-32-66(59-94(87)95(88)61-73)31-53-79-68-35-55-86(93(60-68)67-33-40-71(105)41-34-67)82-17-7-10-20-85(82)89-58-52-78(112-76-48-29-65(4-2)30-49-76)63-96(89)92-22-13-24-99(107)102(79)92/h3-30,32-52,54-63,79H,1-2,31,53H2. The zero-order valence-electron chi connectivity index (χ0n) is 60.6. The summed E-state index contributed by atoms with van der Waals surface area (Å²) in [5.41, 5.74) is 23.5. The molecule has 3 nitrogen and oxygen atoms in total. The molecule has 0 amide bonds. The van der Waals surface area contributed by atoms with Gasteiger partial charge in [0.2, 0.25) is 0 Å². The van der Waals surface area contributed by atoms with Crippen LogP contribution < -0.4 is 14.4 Å². The van der Waals surface area contributed by atoms with Gasteiger partial charge in [-0.1, -0.05) is 250 Å². The Kier molecular flexibility index (Phi) is 17.3. The van der Waals surface area contributed by atoms with Gasteiger partial charge >= 0.3 is 0 Å². The van der Waals surface area contributed by atoms with Gasteiger partial charge in [0.25, 0.3) is 0 Å². The van der Waals surface area contributed by atoms with Crippen molar-refractivity contribution in [2.75, 3.05) is 4.90 Å². The van der Waals surface area contributed by atoms with Gasteiger partial charge in [0.05, 0.1) is 5.41 Å². The normalized spacial score (nSPS) is 13.8. The number of hydrogen-bond donors (Lipinski definition) is 0. The Hall–Kier alpha value is -14.0. The fourth-order valence-electron chi connectivity index (χ4n) is 17.4. The molecule has 8 heteroatoms. The van der Waals surface area contributed by atoms with Crippen molar-refractivity contribution in [2.24, 2.45) is 0 Å². The number of aryl methyl sites for hydroxylation is 1. The number of nitrogens with zero attached hydrogens (tertiary/aromatic N) is 1. The SMILES string of the molecule is C=Cc1ccc(Oc2ccc(C3(c4ccc(F)cc4)c4ccccc4-c4ccc(N(c5ccc6c(c5)-c5cc(CCC7c8ccc(c(-c9ccc(F)cc9)c8)-c8ccccc8-c8ccc(Oc9ccc(C=C)cc9)cc8-c8cccc(F)c87)ccc5-c5ccccc5-c5ccccc5-6)c5c(F)cccc5F)cc43)cc2)cc1. The summed E-state index contributed by atoms with van der Waals surface area (Å²) in [6.07, 6.45) is 4.46. The molecule has 112 heavy (non-hydrogen) atoms. The zero-order valence-corrected chi connectivity index (χ0v) is 60.6. The summed E-state index contributed by atoms with van der Waals surface area (Å²) in [7, 11) is 0. The van der Waals surface area contributed by atoms with E-state index in [9.17, 15) is 0 Å². The van der Waals surface area contributed by atoms with E-state index in [0.717, 1.165) is 139 Å². The van der Waals surface area contributed by atoms with Crippen LogP contribution in [0.4, 0.5) is 39.0 Å². The van der Waals surface area contributed by atoms with E-state index in [4.69, 9.17) is 9.47 Å². The smallest absolute Gasteiger partial charge is 0.150 e. The summed E-state index contributed by atoms with van der Waals surface area (Å²) >= 11 is 0. The topological polar surface area (TPSA) is 21.7 Å². The summed E-state index contributed by atoms with van der Waals surface area (Å²) < 4.78 is 96.7. The third-order valence-electron chi connectivity index (χ3n) is 22.6. The maximum absolute atomic E-state index is 18.1. The van der Waals surface area contributed by atoms with Crippen molar-refractivity contribution in [3.8, 4) is 123 Å². The van der Waals surface area contributed by atoms with E-state index >= 15 is 22.0 Å². The highest BCUT2D eigenvalue weighted by Crippen LogP contribution is 2.59. The average Bonchev–Trinajstić information content (AvgIpc) is 1.53. The van der Waals surface area contributed by atoms with E-state index in [2.05, 4.69) is 128 Å². The van der Waals surface area contributed by atoms with Gasteiger partial charge in [0.15, 0.2) is 0 Å². The summed E-state index contributed by atoms with van der Waals surface area (Å²) in [5.74, 6) is -0.771. The second-order valence-electron chi connectivity index (χ2n) is 28.8. The van der Waals surface area contributed by atoms with Gasteiger partial charge in [-0.05, 0) is 279 Å². The van der Waals surface area contributed by atoms with Crippen molar-refractivity contribution < 1.29 is 31.4 Å². The Balaban J connectivity index is 0.783. The Morgan fingerprint density at radius 3 is 1.30 bits per heavy atom. The predicted octanol–water partition coefficient (Wildman–Crippen LogP) is 28.8. The van der Waals surface area contributed by atoms with Gasteiger partial charge in [-0.3, -0.25) is 0 Å². The molecular weight excluding hydrogens is 1390 g/mol. The van der Waals surface area contributed by atoms with Crippen LogP contribution in [0.1, 0.15) is 62.4 Å². The first kappa shape index (κ1) is 68.6. The van der Waals surface area contributed by atoms with Crippen molar-refractivity contribution in [3.63, 3.8) is 0 Å². The zero-order chi connectivity index (χ0) is 75.7. The number of ether oxygens (including phenoxy) is 2. The van der Waals surface area contributed by atoms with Crippen molar-refractivity contribution in [1.82, 2.24) is 0 Å². The number of benzene rings is 16. The van der Waals surface area contributed by atoms with Crippen molar-refractivity contribution in [3.05, 3.63) is 438 Å². The molecule has 536 valence electrons. The molecule has 0 aromatic heterocycles. The van der Waals surface area contributed by atoms with Crippen LogP contribution in [0.2, 0.25) is 0 Å². The number of hydrogen-bond acceptors (Lipinski definition) is 3. The molecule has 0 saturated heterocycles. The van der Waals surface area contributed by atoms with Crippen LogP contribution in [-0.4, -0.2) is 0 Å².